The van der Waals surface area contributed by atoms with Crippen molar-refractivity contribution in [2.75, 3.05) is 6.61 Å². The third-order valence-corrected chi connectivity index (χ3v) is 5.42. The van der Waals surface area contributed by atoms with Gasteiger partial charge in [-0.2, -0.15) is 0 Å². The zero-order valence-electron chi connectivity index (χ0n) is 11.7. The van der Waals surface area contributed by atoms with Crippen molar-refractivity contribution in [3.8, 4) is 0 Å². The van der Waals surface area contributed by atoms with E-state index >= 15 is 0 Å². The van der Waals surface area contributed by atoms with Gasteiger partial charge in [-0.3, -0.25) is 4.79 Å². The van der Waals surface area contributed by atoms with Crippen LogP contribution in [0.25, 0.3) is 0 Å². The Hall–Kier alpha value is -0.410. The normalized spacial score (nSPS) is 41.6. The number of Topliss-reactive ketones (excluding diaryl/α,β-unsaturated/α-hetero) is 1. The maximum absolute atomic E-state index is 11.9. The Morgan fingerprint density at radius 2 is 1.94 bits per heavy atom. The second kappa shape index (κ2) is 4.93. The first-order valence-corrected chi connectivity index (χ1v) is 7.20. The first-order chi connectivity index (χ1) is 8.34. The summed E-state index contributed by atoms with van der Waals surface area (Å²) in [6, 6.07) is 0. The molecule has 0 unspecified atom stereocenters. The predicted octanol–water partition coefficient (Wildman–Crippen LogP) is 2.01. The minimum absolute atomic E-state index is 0.104. The van der Waals surface area contributed by atoms with E-state index in [-0.39, 0.29) is 24.4 Å². The van der Waals surface area contributed by atoms with Crippen molar-refractivity contribution >= 4 is 5.78 Å². The molecule has 0 saturated heterocycles. The Balaban J connectivity index is 2.22. The Labute approximate surface area is 110 Å². The average molecular weight is 254 g/mol. The molecule has 0 amide bonds. The molecule has 0 radical (unpaired) electrons. The third-order valence-electron chi connectivity index (χ3n) is 5.42. The molecule has 0 aliphatic heterocycles. The van der Waals surface area contributed by atoms with Crippen LogP contribution in [0.3, 0.4) is 0 Å². The number of hydrogen-bond donors (Lipinski definition) is 2. The van der Waals surface area contributed by atoms with Crippen molar-refractivity contribution < 1.29 is 15.0 Å². The number of fused-ring (bicyclic) bond motifs is 1. The molecule has 0 aromatic carbocycles. The second-order valence-corrected chi connectivity index (χ2v) is 6.89. The fourth-order valence-corrected chi connectivity index (χ4v) is 4.02. The molecule has 18 heavy (non-hydrogen) atoms. The zero-order chi connectivity index (χ0) is 13.5. The van der Waals surface area contributed by atoms with Crippen LogP contribution in [0.4, 0.5) is 0 Å². The molecule has 2 N–H and O–H groups in total. The van der Waals surface area contributed by atoms with E-state index in [2.05, 4.69) is 0 Å². The quantitative estimate of drug-likeness (QED) is 0.792. The molecule has 0 aromatic rings. The van der Waals surface area contributed by atoms with Crippen LogP contribution in [0, 0.1) is 29.6 Å². The van der Waals surface area contributed by atoms with Gasteiger partial charge in [0.15, 0.2) is 0 Å². The van der Waals surface area contributed by atoms with Gasteiger partial charge in [-0.25, -0.2) is 0 Å². The molecule has 0 aromatic heterocycles. The largest absolute Gasteiger partial charge is 0.396 e. The summed E-state index contributed by atoms with van der Waals surface area (Å²) in [5, 5.41) is 19.8. The predicted molar refractivity (Wildman–Crippen MR) is 70.0 cm³/mol. The van der Waals surface area contributed by atoms with Gasteiger partial charge in [-0.05, 0) is 56.8 Å². The van der Waals surface area contributed by atoms with E-state index in [0.717, 1.165) is 19.3 Å². The number of carbonyl (C=O) groups is 1. The summed E-state index contributed by atoms with van der Waals surface area (Å²) < 4.78 is 0. The van der Waals surface area contributed by atoms with E-state index in [9.17, 15) is 15.0 Å². The van der Waals surface area contributed by atoms with Crippen molar-refractivity contribution in [2.24, 2.45) is 29.6 Å². The zero-order valence-corrected chi connectivity index (χ0v) is 11.7. The summed E-state index contributed by atoms with van der Waals surface area (Å²) in [4.78, 5) is 11.9. The van der Waals surface area contributed by atoms with Crippen LogP contribution in [-0.2, 0) is 4.79 Å². The lowest BCUT2D eigenvalue weighted by Crippen LogP contribution is -2.32. The van der Waals surface area contributed by atoms with Gasteiger partial charge in [0.1, 0.15) is 5.78 Å². The number of aliphatic hydroxyl groups excluding tert-OH is 1. The first-order valence-electron chi connectivity index (χ1n) is 7.20. The van der Waals surface area contributed by atoms with Gasteiger partial charge in [0.05, 0.1) is 5.60 Å². The van der Waals surface area contributed by atoms with Crippen molar-refractivity contribution in [3.05, 3.63) is 0 Å². The average Bonchev–Trinajstić information content (AvgIpc) is 2.49. The van der Waals surface area contributed by atoms with Crippen LogP contribution in [0.2, 0.25) is 0 Å². The molecule has 3 nitrogen and oxygen atoms in total. The van der Waals surface area contributed by atoms with Crippen LogP contribution in [0.5, 0.6) is 0 Å². The van der Waals surface area contributed by atoms with Gasteiger partial charge >= 0.3 is 0 Å². The molecule has 2 rings (SSSR count). The number of hydrogen-bond acceptors (Lipinski definition) is 3. The molecule has 3 heteroatoms. The fourth-order valence-electron chi connectivity index (χ4n) is 4.02. The minimum Gasteiger partial charge on any atom is -0.396 e. The molecule has 104 valence electrons. The summed E-state index contributed by atoms with van der Waals surface area (Å²) in [6.45, 7) is 5.94. The lowest BCUT2D eigenvalue weighted by Gasteiger charge is -2.31. The number of carbonyl (C=O) groups excluding carboxylic acids is 1. The van der Waals surface area contributed by atoms with Gasteiger partial charge in [0.2, 0.25) is 0 Å². The number of rotatable bonds is 2. The molecule has 2 fully saturated rings. The minimum atomic E-state index is -0.680. The van der Waals surface area contributed by atoms with Crippen molar-refractivity contribution in [1.29, 1.82) is 0 Å². The standard InChI is InChI=1S/C15H26O3/c1-9-12-6-11(15(2,3)18)5-4-10(8-16)13(12)7-14(9)17/h9-13,16,18H,4-8H2,1-3H3/t9-,10-,11+,12-,13+/m0/s1. The van der Waals surface area contributed by atoms with Crippen LogP contribution in [-0.4, -0.2) is 28.2 Å². The van der Waals surface area contributed by atoms with Crippen molar-refractivity contribution in [1.82, 2.24) is 0 Å². The topological polar surface area (TPSA) is 57.5 Å². The Morgan fingerprint density at radius 3 is 2.50 bits per heavy atom. The molecule has 0 heterocycles. The molecule has 0 bridgehead atoms. The number of ketones is 1. The maximum atomic E-state index is 11.9. The lowest BCUT2D eigenvalue weighted by atomic mass is 9.77. The first kappa shape index (κ1) is 14.0. The van der Waals surface area contributed by atoms with Crippen LogP contribution in [0.15, 0.2) is 0 Å². The van der Waals surface area contributed by atoms with Crippen LogP contribution in [0.1, 0.15) is 46.5 Å². The van der Waals surface area contributed by atoms with Crippen molar-refractivity contribution in [2.45, 2.75) is 52.1 Å². The highest BCUT2D eigenvalue weighted by atomic mass is 16.3. The van der Waals surface area contributed by atoms with E-state index in [1.54, 1.807) is 0 Å². The molecule has 0 spiro atoms. The third kappa shape index (κ3) is 2.48. The lowest BCUT2D eigenvalue weighted by molar-refractivity contribution is -0.121. The smallest absolute Gasteiger partial charge is 0.136 e. The highest BCUT2D eigenvalue weighted by Crippen LogP contribution is 2.48. The summed E-state index contributed by atoms with van der Waals surface area (Å²) in [5.41, 5.74) is -0.680. The molecule has 5 atom stereocenters. The summed E-state index contributed by atoms with van der Waals surface area (Å²) in [7, 11) is 0. The molecule has 2 saturated carbocycles. The summed E-state index contributed by atoms with van der Waals surface area (Å²) >= 11 is 0. The van der Waals surface area contributed by atoms with E-state index < -0.39 is 5.60 Å². The van der Waals surface area contributed by atoms with E-state index in [4.69, 9.17) is 0 Å². The molecular formula is C15H26O3. The second-order valence-electron chi connectivity index (χ2n) is 6.89. The maximum Gasteiger partial charge on any atom is 0.136 e. The molecule has 2 aliphatic rings. The molecule has 2 aliphatic carbocycles. The Kier molecular flexibility index (Phi) is 3.84. The van der Waals surface area contributed by atoms with Crippen molar-refractivity contribution in [3.63, 3.8) is 0 Å². The monoisotopic (exact) mass is 254 g/mol. The Bertz CT molecular complexity index is 318. The summed E-state index contributed by atoms with van der Waals surface area (Å²) in [5.74, 6) is 1.64. The van der Waals surface area contributed by atoms with Gasteiger partial charge in [-0.15, -0.1) is 0 Å². The van der Waals surface area contributed by atoms with Gasteiger partial charge < -0.3 is 10.2 Å². The van der Waals surface area contributed by atoms with Gasteiger partial charge in [0, 0.05) is 18.9 Å². The number of aliphatic hydroxyl groups is 2. The van der Waals surface area contributed by atoms with E-state index in [0.29, 0.717) is 24.0 Å². The highest BCUT2D eigenvalue weighted by molar-refractivity contribution is 5.83. The van der Waals surface area contributed by atoms with Crippen LogP contribution < -0.4 is 0 Å². The SMILES string of the molecule is C[C@@H]1C(=O)C[C@@H]2[C@H](CO)CC[C@@H](C(C)(C)O)C[C@H]21. The van der Waals surface area contributed by atoms with E-state index in [1.807, 2.05) is 20.8 Å². The van der Waals surface area contributed by atoms with E-state index in [1.165, 1.54) is 0 Å². The fraction of sp³-hybridized carbons (Fsp3) is 0.933. The molecular weight excluding hydrogens is 228 g/mol. The summed E-state index contributed by atoms with van der Waals surface area (Å²) in [6.07, 6.45) is 3.46. The van der Waals surface area contributed by atoms with Crippen LogP contribution >= 0.6 is 0 Å². The Morgan fingerprint density at radius 1 is 1.28 bits per heavy atom. The highest BCUT2D eigenvalue weighted by Gasteiger charge is 2.47. The van der Waals surface area contributed by atoms with Gasteiger partial charge in [0.25, 0.3) is 0 Å². The van der Waals surface area contributed by atoms with Gasteiger partial charge in [-0.1, -0.05) is 6.92 Å².